The van der Waals surface area contributed by atoms with Crippen molar-refractivity contribution in [2.45, 2.75) is 51.5 Å². The van der Waals surface area contributed by atoms with E-state index < -0.39 is 0 Å². The van der Waals surface area contributed by atoms with Gasteiger partial charge in [-0.05, 0) is 80.8 Å². The molecule has 32 heavy (non-hydrogen) atoms. The summed E-state index contributed by atoms with van der Waals surface area (Å²) in [7, 11) is 0. The summed E-state index contributed by atoms with van der Waals surface area (Å²) in [5, 5.41) is 8.36. The molecular formula is C26H28N6. The van der Waals surface area contributed by atoms with Crippen LogP contribution in [0.4, 0.5) is 17.3 Å². The van der Waals surface area contributed by atoms with Crippen LogP contribution in [0.1, 0.15) is 43.7 Å². The van der Waals surface area contributed by atoms with E-state index in [4.69, 9.17) is 10.1 Å². The molecule has 2 aliphatic rings. The Hall–Kier alpha value is -3.41. The van der Waals surface area contributed by atoms with Crippen molar-refractivity contribution >= 4 is 23.0 Å². The lowest BCUT2D eigenvalue weighted by Gasteiger charge is -2.23. The van der Waals surface area contributed by atoms with Gasteiger partial charge in [0.1, 0.15) is 11.6 Å². The number of hydrogen-bond acceptors (Lipinski definition) is 5. The van der Waals surface area contributed by atoms with E-state index in [1.165, 1.54) is 43.2 Å². The Morgan fingerprint density at radius 1 is 1.00 bits per heavy atom. The molecule has 4 heterocycles. The summed E-state index contributed by atoms with van der Waals surface area (Å²) in [4.78, 5) is 11.8. The Bertz CT molecular complexity index is 1280. The average molecular weight is 425 g/mol. The number of anilines is 3. The average Bonchev–Trinajstić information content (AvgIpc) is 3.48. The lowest BCUT2D eigenvalue weighted by atomic mass is 9.90. The lowest BCUT2D eigenvalue weighted by molar-refractivity contribution is 0.686. The molecule has 1 saturated heterocycles. The maximum atomic E-state index is 4.91. The molecule has 1 N–H and O–H groups in total. The second-order valence-electron chi connectivity index (χ2n) is 9.02. The summed E-state index contributed by atoms with van der Waals surface area (Å²) in [5.41, 5.74) is 6.75. The molecule has 1 aliphatic carbocycles. The molecule has 0 bridgehead atoms. The Balaban J connectivity index is 1.37. The number of fused-ring (bicyclic) bond motifs is 2. The molecule has 1 aromatic carbocycles. The van der Waals surface area contributed by atoms with Crippen LogP contribution in [0.15, 0.2) is 54.9 Å². The Labute approximate surface area is 188 Å². The highest BCUT2D eigenvalue weighted by Gasteiger charge is 2.21. The van der Waals surface area contributed by atoms with Crippen LogP contribution in [-0.4, -0.2) is 32.2 Å². The number of benzene rings is 1. The number of aromatic nitrogens is 4. The van der Waals surface area contributed by atoms with Crippen molar-refractivity contribution in [1.82, 2.24) is 19.6 Å². The maximum absolute atomic E-state index is 4.91. The van der Waals surface area contributed by atoms with E-state index in [1.807, 2.05) is 16.8 Å². The normalized spacial score (nSPS) is 18.2. The highest BCUT2D eigenvalue weighted by atomic mass is 15.3. The van der Waals surface area contributed by atoms with E-state index >= 15 is 0 Å². The molecule has 162 valence electrons. The molecule has 1 fully saturated rings. The number of nitrogens with one attached hydrogen (secondary N) is 1. The number of rotatable bonds is 4. The van der Waals surface area contributed by atoms with E-state index in [9.17, 15) is 0 Å². The summed E-state index contributed by atoms with van der Waals surface area (Å²) < 4.78 is 1.85. The van der Waals surface area contributed by atoms with Gasteiger partial charge >= 0.3 is 0 Å². The molecule has 0 saturated carbocycles. The molecule has 3 aromatic heterocycles. The molecule has 0 amide bonds. The number of aryl methyl sites for hydroxylation is 2. The number of nitrogens with zero attached hydrogens (tertiary/aromatic N) is 5. The van der Waals surface area contributed by atoms with Gasteiger partial charge in [-0.3, -0.25) is 0 Å². The first-order valence-electron chi connectivity index (χ1n) is 11.7. The van der Waals surface area contributed by atoms with E-state index in [0.29, 0.717) is 6.04 Å². The van der Waals surface area contributed by atoms with Gasteiger partial charge in [-0.15, -0.1) is 0 Å². The van der Waals surface area contributed by atoms with E-state index in [0.717, 1.165) is 47.2 Å². The molecule has 6 heteroatoms. The van der Waals surface area contributed by atoms with Crippen molar-refractivity contribution in [1.29, 1.82) is 0 Å². The van der Waals surface area contributed by atoms with Crippen LogP contribution in [-0.2, 0) is 12.8 Å². The fourth-order valence-electron chi connectivity index (χ4n) is 5.11. The second kappa shape index (κ2) is 7.93. The summed E-state index contributed by atoms with van der Waals surface area (Å²) in [6, 6.07) is 15.6. The second-order valence-corrected chi connectivity index (χ2v) is 9.02. The number of pyridine rings is 1. The zero-order chi connectivity index (χ0) is 21.5. The van der Waals surface area contributed by atoms with Crippen molar-refractivity contribution in [3.8, 4) is 11.3 Å². The first kappa shape index (κ1) is 19.3. The summed E-state index contributed by atoms with van der Waals surface area (Å²) >= 11 is 0. The third kappa shape index (κ3) is 3.49. The van der Waals surface area contributed by atoms with Crippen molar-refractivity contribution in [2.75, 3.05) is 16.8 Å². The van der Waals surface area contributed by atoms with Crippen LogP contribution in [0, 0.1) is 0 Å². The van der Waals surface area contributed by atoms with Gasteiger partial charge in [0.2, 0.25) is 0 Å². The highest BCUT2D eigenvalue weighted by Crippen LogP contribution is 2.30. The predicted octanol–water partition coefficient (Wildman–Crippen LogP) is 5.40. The topological polar surface area (TPSA) is 58.4 Å². The minimum Gasteiger partial charge on any atom is -0.354 e. The van der Waals surface area contributed by atoms with Crippen molar-refractivity contribution in [2.24, 2.45) is 0 Å². The predicted molar refractivity (Wildman–Crippen MR) is 129 cm³/mol. The number of hydrogen-bond donors (Lipinski definition) is 1. The van der Waals surface area contributed by atoms with Gasteiger partial charge in [-0.2, -0.15) is 5.10 Å². The quantitative estimate of drug-likeness (QED) is 0.475. The van der Waals surface area contributed by atoms with Crippen LogP contribution in [0.2, 0.25) is 0 Å². The van der Waals surface area contributed by atoms with Gasteiger partial charge in [0.05, 0.1) is 11.4 Å². The van der Waals surface area contributed by atoms with Gasteiger partial charge in [-0.1, -0.05) is 18.2 Å². The standard InChI is InChI=1S/C26H28N6/c1-18-6-5-14-31(18)25-10-4-9-24(29-25)28-23-17-22(30-32-15-13-27-26(23)32)21-12-11-19-7-2-3-8-20(19)16-21/h4,9-13,15-18H,2-3,5-8,14H2,1H3,(H,28,29). The van der Waals surface area contributed by atoms with Crippen LogP contribution in [0.3, 0.4) is 0 Å². The van der Waals surface area contributed by atoms with Crippen LogP contribution >= 0.6 is 0 Å². The SMILES string of the molecule is CC1CCCN1c1cccc(Nc2cc(-c3ccc4c(c3)CCCC4)nn3ccnc23)n1. The van der Waals surface area contributed by atoms with Crippen LogP contribution in [0.25, 0.3) is 16.9 Å². The summed E-state index contributed by atoms with van der Waals surface area (Å²) in [6.07, 6.45) is 11.1. The third-order valence-electron chi connectivity index (χ3n) is 6.85. The Morgan fingerprint density at radius 2 is 1.91 bits per heavy atom. The minimum absolute atomic E-state index is 0.535. The fraction of sp³-hybridized carbons (Fsp3) is 0.346. The van der Waals surface area contributed by atoms with E-state index in [2.05, 4.69) is 58.5 Å². The van der Waals surface area contributed by atoms with Gasteiger partial charge in [0.15, 0.2) is 5.65 Å². The third-order valence-corrected chi connectivity index (χ3v) is 6.85. The van der Waals surface area contributed by atoms with Crippen LogP contribution in [0.5, 0.6) is 0 Å². The first-order chi connectivity index (χ1) is 15.7. The first-order valence-corrected chi connectivity index (χ1v) is 11.7. The minimum atomic E-state index is 0.535. The molecule has 0 spiro atoms. The lowest BCUT2D eigenvalue weighted by Crippen LogP contribution is -2.27. The van der Waals surface area contributed by atoms with Crippen molar-refractivity contribution < 1.29 is 0 Å². The summed E-state index contributed by atoms with van der Waals surface area (Å²) in [6.45, 7) is 3.34. The molecule has 1 atom stereocenters. The highest BCUT2D eigenvalue weighted by molar-refractivity contribution is 5.77. The van der Waals surface area contributed by atoms with Crippen molar-refractivity contribution in [3.05, 3.63) is 66.0 Å². The zero-order valence-electron chi connectivity index (χ0n) is 18.5. The van der Waals surface area contributed by atoms with E-state index in [-0.39, 0.29) is 0 Å². The van der Waals surface area contributed by atoms with Gasteiger partial charge in [-0.25, -0.2) is 14.5 Å². The van der Waals surface area contributed by atoms with Crippen molar-refractivity contribution in [3.63, 3.8) is 0 Å². The van der Waals surface area contributed by atoms with Gasteiger partial charge in [0.25, 0.3) is 0 Å². The largest absolute Gasteiger partial charge is 0.354 e. The smallest absolute Gasteiger partial charge is 0.177 e. The Kier molecular flexibility index (Phi) is 4.78. The van der Waals surface area contributed by atoms with Gasteiger partial charge < -0.3 is 10.2 Å². The van der Waals surface area contributed by atoms with Crippen LogP contribution < -0.4 is 10.2 Å². The molecule has 1 unspecified atom stereocenters. The van der Waals surface area contributed by atoms with Gasteiger partial charge in [0, 0.05) is 30.5 Å². The molecular weight excluding hydrogens is 396 g/mol. The molecule has 6 nitrogen and oxygen atoms in total. The molecule has 0 radical (unpaired) electrons. The Morgan fingerprint density at radius 3 is 2.78 bits per heavy atom. The monoisotopic (exact) mass is 424 g/mol. The molecule has 6 rings (SSSR count). The maximum Gasteiger partial charge on any atom is 0.177 e. The fourth-order valence-corrected chi connectivity index (χ4v) is 5.11. The molecule has 1 aliphatic heterocycles. The summed E-state index contributed by atoms with van der Waals surface area (Å²) in [5.74, 6) is 1.86. The molecule has 4 aromatic rings. The zero-order valence-corrected chi connectivity index (χ0v) is 18.5. The number of imidazole rings is 1. The van der Waals surface area contributed by atoms with E-state index in [1.54, 1.807) is 6.20 Å².